The van der Waals surface area contributed by atoms with Gasteiger partial charge < -0.3 is 16.8 Å². The molecule has 3 aromatic rings. The highest BCUT2D eigenvalue weighted by atomic mass is 32.1. The molecule has 0 spiro atoms. The molecular formula is C17H12F3N5OS. The number of alkyl halides is 3. The van der Waals surface area contributed by atoms with Gasteiger partial charge in [-0.25, -0.2) is 4.98 Å². The van der Waals surface area contributed by atoms with E-state index >= 15 is 0 Å². The molecule has 0 saturated carbocycles. The number of amides is 1. The molecule has 0 aliphatic heterocycles. The molecule has 0 aliphatic rings. The van der Waals surface area contributed by atoms with Crippen LogP contribution >= 0.6 is 11.3 Å². The fraction of sp³-hybridized carbons (Fsp3) is 0.118. The highest BCUT2D eigenvalue weighted by Gasteiger charge is 2.30. The van der Waals surface area contributed by atoms with Crippen LogP contribution in [0.1, 0.15) is 26.4 Å². The van der Waals surface area contributed by atoms with Crippen LogP contribution < -0.4 is 16.8 Å². The number of pyridine rings is 1. The Labute approximate surface area is 155 Å². The van der Waals surface area contributed by atoms with Crippen LogP contribution in [0.25, 0.3) is 10.2 Å². The molecule has 0 fully saturated rings. The first kappa shape index (κ1) is 18.5. The Morgan fingerprint density at radius 3 is 2.67 bits per heavy atom. The molecule has 1 amide bonds. The molecule has 1 aromatic carbocycles. The zero-order chi connectivity index (χ0) is 19.9. The summed E-state index contributed by atoms with van der Waals surface area (Å²) in [5.74, 6) is -0.653. The van der Waals surface area contributed by atoms with Gasteiger partial charge in [0.1, 0.15) is 21.6 Å². The maximum absolute atomic E-state index is 12.8. The second-order valence-electron chi connectivity index (χ2n) is 5.67. The number of thiophene rings is 1. The normalized spacial score (nSPS) is 11.4. The lowest BCUT2D eigenvalue weighted by Gasteiger charge is -2.09. The van der Waals surface area contributed by atoms with Crippen LogP contribution in [0.3, 0.4) is 0 Å². The van der Waals surface area contributed by atoms with Crippen LogP contribution in [-0.4, -0.2) is 10.9 Å². The van der Waals surface area contributed by atoms with Crippen molar-refractivity contribution >= 4 is 44.7 Å². The van der Waals surface area contributed by atoms with E-state index in [1.807, 2.05) is 6.07 Å². The lowest BCUT2D eigenvalue weighted by atomic mass is 10.1. The predicted molar refractivity (Wildman–Crippen MR) is 97.3 cm³/mol. The van der Waals surface area contributed by atoms with Gasteiger partial charge in [-0.15, -0.1) is 11.3 Å². The zero-order valence-electron chi connectivity index (χ0n) is 13.8. The van der Waals surface area contributed by atoms with Crippen LogP contribution in [-0.2, 0) is 6.18 Å². The van der Waals surface area contributed by atoms with Crippen molar-refractivity contribution in [3.05, 3.63) is 45.8 Å². The van der Waals surface area contributed by atoms with Gasteiger partial charge in [0.25, 0.3) is 5.91 Å². The van der Waals surface area contributed by atoms with Crippen molar-refractivity contribution in [3.63, 3.8) is 0 Å². The second-order valence-corrected chi connectivity index (χ2v) is 6.67. The summed E-state index contributed by atoms with van der Waals surface area (Å²) in [5, 5.41) is 12.0. The molecule has 6 nitrogen and oxygen atoms in total. The number of halogens is 3. The maximum Gasteiger partial charge on any atom is 0.416 e. The molecule has 0 saturated heterocycles. The van der Waals surface area contributed by atoms with E-state index in [9.17, 15) is 23.2 Å². The lowest BCUT2D eigenvalue weighted by molar-refractivity contribution is -0.137. The number of benzene rings is 1. The van der Waals surface area contributed by atoms with Gasteiger partial charge in [-0.1, -0.05) is 6.07 Å². The number of carbonyl (C=O) groups is 1. The average Bonchev–Trinajstić information content (AvgIpc) is 2.91. The first-order chi connectivity index (χ1) is 12.6. The van der Waals surface area contributed by atoms with Crippen molar-refractivity contribution in [1.29, 1.82) is 5.26 Å². The molecule has 138 valence electrons. The van der Waals surface area contributed by atoms with Gasteiger partial charge in [-0.05, 0) is 30.7 Å². The number of aryl methyl sites for hydroxylation is 1. The summed E-state index contributed by atoms with van der Waals surface area (Å²) in [6.45, 7) is 1.64. The number of fused-ring (bicyclic) bond motifs is 1. The Morgan fingerprint density at radius 2 is 2.04 bits per heavy atom. The molecule has 10 heteroatoms. The van der Waals surface area contributed by atoms with E-state index in [1.54, 1.807) is 6.92 Å². The van der Waals surface area contributed by atoms with Gasteiger partial charge in [0.2, 0.25) is 0 Å². The number of nitrogens with two attached hydrogens (primary N) is 2. The summed E-state index contributed by atoms with van der Waals surface area (Å²) in [7, 11) is 0. The number of nitrogens with zero attached hydrogens (tertiary/aromatic N) is 2. The number of anilines is 3. The standard InChI is InChI=1S/C17H12F3N5OS/c1-7-10(6-21)14(23)25-16-11(7)12(22)13(27-16)15(26)24-9-4-2-3-8(5-9)17(18,19)20/h2-5H,22H2,1H3,(H2,23,25)(H,24,26). The van der Waals surface area contributed by atoms with Gasteiger partial charge in [0, 0.05) is 11.1 Å². The predicted octanol–water partition coefficient (Wildman–Crippen LogP) is 3.91. The largest absolute Gasteiger partial charge is 0.416 e. The molecule has 0 radical (unpaired) electrons. The van der Waals surface area contributed by atoms with E-state index in [4.69, 9.17) is 11.5 Å². The van der Waals surface area contributed by atoms with E-state index in [2.05, 4.69) is 10.3 Å². The Bertz CT molecular complexity index is 1110. The fourth-order valence-electron chi connectivity index (χ4n) is 2.63. The minimum atomic E-state index is -4.52. The van der Waals surface area contributed by atoms with E-state index < -0.39 is 17.6 Å². The Morgan fingerprint density at radius 1 is 1.33 bits per heavy atom. The molecule has 5 N–H and O–H groups in total. The minimum Gasteiger partial charge on any atom is -0.397 e. The summed E-state index contributed by atoms with van der Waals surface area (Å²) >= 11 is 0.949. The molecule has 3 rings (SSSR count). The van der Waals surface area contributed by atoms with Crippen LogP contribution in [0.4, 0.5) is 30.4 Å². The van der Waals surface area contributed by atoms with Gasteiger partial charge in [0.15, 0.2) is 0 Å². The molecule has 0 bridgehead atoms. The molecule has 27 heavy (non-hydrogen) atoms. The maximum atomic E-state index is 12.8. The topological polar surface area (TPSA) is 118 Å². The SMILES string of the molecule is Cc1c(C#N)c(N)nc2sc(C(=O)Nc3cccc(C(F)(F)F)c3)c(N)c12. The van der Waals surface area contributed by atoms with Crippen molar-refractivity contribution in [1.82, 2.24) is 4.98 Å². The summed E-state index contributed by atoms with van der Waals surface area (Å²) in [5.41, 5.74) is 11.6. The van der Waals surface area contributed by atoms with Crippen LogP contribution in [0.5, 0.6) is 0 Å². The number of nitrogen functional groups attached to an aromatic ring is 2. The Balaban J connectivity index is 2.01. The molecule has 2 aromatic heterocycles. The quantitative estimate of drug-likeness (QED) is 0.612. The van der Waals surface area contributed by atoms with Gasteiger partial charge >= 0.3 is 6.18 Å². The highest BCUT2D eigenvalue weighted by molar-refractivity contribution is 7.21. The summed E-state index contributed by atoms with van der Waals surface area (Å²) in [6, 6.07) is 6.20. The molecule has 0 unspecified atom stereocenters. The smallest absolute Gasteiger partial charge is 0.397 e. The van der Waals surface area contributed by atoms with Crippen LogP contribution in [0.15, 0.2) is 24.3 Å². The zero-order valence-corrected chi connectivity index (χ0v) is 14.6. The van der Waals surface area contributed by atoms with Crippen molar-refractivity contribution < 1.29 is 18.0 Å². The summed E-state index contributed by atoms with van der Waals surface area (Å²) in [4.78, 5) is 17.1. The third-order valence-electron chi connectivity index (χ3n) is 3.92. The third kappa shape index (κ3) is 3.24. The third-order valence-corrected chi connectivity index (χ3v) is 5.02. The number of aromatic nitrogens is 1. The number of hydrogen-bond donors (Lipinski definition) is 3. The number of nitriles is 1. The highest BCUT2D eigenvalue weighted by Crippen LogP contribution is 2.38. The average molecular weight is 391 g/mol. The molecule has 0 aliphatic carbocycles. The number of nitrogens with one attached hydrogen (secondary N) is 1. The lowest BCUT2D eigenvalue weighted by Crippen LogP contribution is -2.13. The fourth-order valence-corrected chi connectivity index (χ4v) is 3.68. The van der Waals surface area contributed by atoms with Crippen molar-refractivity contribution in [2.24, 2.45) is 0 Å². The number of hydrogen-bond acceptors (Lipinski definition) is 6. The van der Waals surface area contributed by atoms with E-state index in [1.165, 1.54) is 12.1 Å². The number of rotatable bonds is 2. The Kier molecular flexibility index (Phi) is 4.41. The van der Waals surface area contributed by atoms with E-state index in [0.717, 1.165) is 23.5 Å². The van der Waals surface area contributed by atoms with Crippen molar-refractivity contribution in [2.45, 2.75) is 13.1 Å². The Hall–Kier alpha value is -3.32. The first-order valence-corrected chi connectivity index (χ1v) is 8.32. The van der Waals surface area contributed by atoms with Crippen molar-refractivity contribution in [2.75, 3.05) is 16.8 Å². The number of carbonyl (C=O) groups excluding carboxylic acids is 1. The molecular weight excluding hydrogens is 379 g/mol. The van der Waals surface area contributed by atoms with Gasteiger partial charge in [-0.3, -0.25) is 4.79 Å². The first-order valence-electron chi connectivity index (χ1n) is 7.50. The van der Waals surface area contributed by atoms with E-state index in [0.29, 0.717) is 15.8 Å². The van der Waals surface area contributed by atoms with Gasteiger partial charge in [0.05, 0.1) is 16.8 Å². The second kappa shape index (κ2) is 6.44. The van der Waals surface area contributed by atoms with Crippen molar-refractivity contribution in [3.8, 4) is 6.07 Å². The van der Waals surface area contributed by atoms with E-state index in [-0.39, 0.29) is 27.6 Å². The summed E-state index contributed by atoms with van der Waals surface area (Å²) < 4.78 is 38.4. The van der Waals surface area contributed by atoms with Crippen LogP contribution in [0, 0.1) is 18.3 Å². The summed E-state index contributed by atoms with van der Waals surface area (Å²) in [6.07, 6.45) is -4.52. The van der Waals surface area contributed by atoms with Crippen LogP contribution in [0.2, 0.25) is 0 Å². The van der Waals surface area contributed by atoms with Gasteiger partial charge in [-0.2, -0.15) is 18.4 Å². The minimum absolute atomic E-state index is 0.0198. The molecule has 2 heterocycles. The monoisotopic (exact) mass is 391 g/mol. The molecule has 0 atom stereocenters.